The van der Waals surface area contributed by atoms with E-state index in [1.807, 2.05) is 0 Å². The summed E-state index contributed by atoms with van der Waals surface area (Å²) in [5.41, 5.74) is 0.818. The summed E-state index contributed by atoms with van der Waals surface area (Å²) in [6.45, 7) is 1.55. The van der Waals surface area contributed by atoms with Gasteiger partial charge >= 0.3 is 0 Å². The zero-order chi connectivity index (χ0) is 14.4. The maximum absolute atomic E-state index is 12.0. The monoisotopic (exact) mass is 272 g/mol. The van der Waals surface area contributed by atoms with Gasteiger partial charge in [0.15, 0.2) is 5.82 Å². The number of hydrogen-bond acceptors (Lipinski definition) is 6. The summed E-state index contributed by atoms with van der Waals surface area (Å²) in [6.07, 6.45) is 2.96. The van der Waals surface area contributed by atoms with Gasteiger partial charge in [-0.2, -0.15) is 4.98 Å². The number of rotatable bonds is 3. The van der Waals surface area contributed by atoms with Crippen molar-refractivity contribution in [3.8, 4) is 11.8 Å². The van der Waals surface area contributed by atoms with Gasteiger partial charge in [0, 0.05) is 12.4 Å². The van der Waals surface area contributed by atoms with Crippen LogP contribution in [0.1, 0.15) is 27.6 Å². The van der Waals surface area contributed by atoms with Gasteiger partial charge in [-0.3, -0.25) is 9.78 Å². The normalized spacial score (nSPS) is 9.70. The first-order valence-electron chi connectivity index (χ1n) is 5.82. The third kappa shape index (κ3) is 3.40. The first-order valence-corrected chi connectivity index (χ1v) is 5.82. The molecule has 0 saturated heterocycles. The largest absolute Gasteiger partial charge is 0.384 e. The molecular weight excluding hydrogens is 260 g/mol. The highest BCUT2D eigenvalue weighted by atomic mass is 16.5. The van der Waals surface area contributed by atoms with Gasteiger partial charge in [0.1, 0.15) is 6.61 Å². The average molecular weight is 272 g/mol. The molecule has 2 heterocycles. The lowest BCUT2D eigenvalue weighted by Gasteiger charge is -2.04. The Bertz CT molecular complexity index is 669. The van der Waals surface area contributed by atoms with Gasteiger partial charge in [-0.25, -0.2) is 0 Å². The molecule has 0 atom stereocenters. The standard InChI is InChI=1S/C13H12N4O3/c1-9-16-12(20-17-9)8-15-13(19)11-4-5-14-7-10(11)3-2-6-18/h4-5,7,18H,6,8H2,1H3,(H,15,19). The number of pyridine rings is 1. The second-order valence-corrected chi connectivity index (χ2v) is 3.80. The fraction of sp³-hybridized carbons (Fsp3) is 0.231. The van der Waals surface area contributed by atoms with Crippen LogP contribution in [0.2, 0.25) is 0 Å². The molecule has 102 valence electrons. The molecule has 20 heavy (non-hydrogen) atoms. The SMILES string of the molecule is Cc1noc(CNC(=O)c2ccncc2C#CCO)n1. The van der Waals surface area contributed by atoms with Crippen LogP contribution in [-0.2, 0) is 6.54 Å². The van der Waals surface area contributed by atoms with Crippen molar-refractivity contribution >= 4 is 5.91 Å². The molecule has 0 aliphatic heterocycles. The maximum atomic E-state index is 12.0. The molecule has 7 heteroatoms. The molecule has 7 nitrogen and oxygen atoms in total. The van der Waals surface area contributed by atoms with E-state index in [-0.39, 0.29) is 19.1 Å². The van der Waals surface area contributed by atoms with Crippen LogP contribution < -0.4 is 5.32 Å². The Kier molecular flexibility index (Phi) is 4.42. The van der Waals surface area contributed by atoms with E-state index in [0.29, 0.717) is 22.8 Å². The summed E-state index contributed by atoms with van der Waals surface area (Å²) < 4.78 is 4.90. The van der Waals surface area contributed by atoms with Gasteiger partial charge in [0.2, 0.25) is 5.89 Å². The topological polar surface area (TPSA) is 101 Å². The van der Waals surface area contributed by atoms with Crippen molar-refractivity contribution in [2.45, 2.75) is 13.5 Å². The van der Waals surface area contributed by atoms with Crippen LogP contribution in [0, 0.1) is 18.8 Å². The van der Waals surface area contributed by atoms with Gasteiger partial charge < -0.3 is 14.9 Å². The number of nitrogens with zero attached hydrogens (tertiary/aromatic N) is 3. The number of carbonyl (C=O) groups excluding carboxylic acids is 1. The van der Waals surface area contributed by atoms with E-state index in [0.717, 1.165) is 0 Å². The minimum Gasteiger partial charge on any atom is -0.384 e. The minimum atomic E-state index is -0.328. The summed E-state index contributed by atoms with van der Waals surface area (Å²) in [5, 5.41) is 15.0. The van der Waals surface area contributed by atoms with E-state index in [9.17, 15) is 4.79 Å². The number of aliphatic hydroxyl groups excluding tert-OH is 1. The highest BCUT2D eigenvalue weighted by Crippen LogP contribution is 2.06. The van der Waals surface area contributed by atoms with Crippen LogP contribution in [0.3, 0.4) is 0 Å². The van der Waals surface area contributed by atoms with Gasteiger partial charge in [-0.05, 0) is 13.0 Å². The molecule has 0 aliphatic rings. The first-order chi connectivity index (χ1) is 9.70. The van der Waals surface area contributed by atoms with Crippen molar-refractivity contribution in [1.82, 2.24) is 20.4 Å². The average Bonchev–Trinajstić information content (AvgIpc) is 2.88. The molecular formula is C13H12N4O3. The van der Waals surface area contributed by atoms with Gasteiger partial charge in [-0.1, -0.05) is 17.0 Å². The minimum absolute atomic E-state index is 0.134. The van der Waals surface area contributed by atoms with E-state index in [4.69, 9.17) is 9.63 Å². The molecule has 0 radical (unpaired) electrons. The molecule has 0 aromatic carbocycles. The van der Waals surface area contributed by atoms with Crippen molar-refractivity contribution in [2.24, 2.45) is 0 Å². The molecule has 1 amide bonds. The second-order valence-electron chi connectivity index (χ2n) is 3.80. The van der Waals surface area contributed by atoms with Crippen LogP contribution in [0.15, 0.2) is 23.0 Å². The lowest BCUT2D eigenvalue weighted by molar-refractivity contribution is 0.0946. The van der Waals surface area contributed by atoms with Gasteiger partial charge in [0.05, 0.1) is 17.7 Å². The number of carbonyl (C=O) groups is 1. The number of amides is 1. The van der Waals surface area contributed by atoms with Crippen molar-refractivity contribution in [3.63, 3.8) is 0 Å². The first kappa shape index (κ1) is 13.7. The number of nitrogens with one attached hydrogen (secondary N) is 1. The number of aryl methyl sites for hydroxylation is 1. The Morgan fingerprint density at radius 1 is 1.55 bits per heavy atom. The quantitative estimate of drug-likeness (QED) is 0.765. The summed E-state index contributed by atoms with van der Waals surface area (Å²) in [6, 6.07) is 1.55. The van der Waals surface area contributed by atoms with Crippen molar-refractivity contribution < 1.29 is 14.4 Å². The fourth-order valence-electron chi connectivity index (χ4n) is 1.49. The lowest BCUT2D eigenvalue weighted by Crippen LogP contribution is -2.24. The Labute approximate surface area is 115 Å². The summed E-state index contributed by atoms with van der Waals surface area (Å²) in [5.74, 6) is 5.66. The Morgan fingerprint density at radius 3 is 3.10 bits per heavy atom. The predicted octanol–water partition coefficient (Wildman–Crippen LogP) is 0.0468. The Balaban J connectivity index is 2.09. The summed E-state index contributed by atoms with van der Waals surface area (Å²) in [7, 11) is 0. The highest BCUT2D eigenvalue weighted by Gasteiger charge is 2.11. The van der Waals surface area contributed by atoms with E-state index in [1.165, 1.54) is 12.4 Å². The molecule has 0 fully saturated rings. The smallest absolute Gasteiger partial charge is 0.253 e. The summed E-state index contributed by atoms with van der Waals surface area (Å²) >= 11 is 0. The number of aromatic nitrogens is 3. The molecule has 0 unspecified atom stereocenters. The number of hydrogen-bond donors (Lipinski definition) is 2. The van der Waals surface area contributed by atoms with E-state index < -0.39 is 0 Å². The van der Waals surface area contributed by atoms with Crippen LogP contribution in [-0.4, -0.2) is 32.7 Å². The van der Waals surface area contributed by atoms with Crippen molar-refractivity contribution in [2.75, 3.05) is 6.61 Å². The van der Waals surface area contributed by atoms with E-state index >= 15 is 0 Å². The van der Waals surface area contributed by atoms with Gasteiger partial charge in [-0.15, -0.1) is 0 Å². The molecule has 0 saturated carbocycles. The maximum Gasteiger partial charge on any atom is 0.253 e. The molecule has 0 aliphatic carbocycles. The van der Waals surface area contributed by atoms with Crippen LogP contribution in [0.5, 0.6) is 0 Å². The van der Waals surface area contributed by atoms with Crippen LogP contribution in [0.4, 0.5) is 0 Å². The molecule has 2 rings (SSSR count). The molecule has 2 aromatic heterocycles. The molecule has 0 spiro atoms. The van der Waals surface area contributed by atoms with E-state index in [2.05, 4.69) is 32.3 Å². The fourth-order valence-corrected chi connectivity index (χ4v) is 1.49. The molecule has 2 N–H and O–H groups in total. The zero-order valence-electron chi connectivity index (χ0n) is 10.8. The highest BCUT2D eigenvalue weighted by molar-refractivity contribution is 5.96. The van der Waals surface area contributed by atoms with Crippen LogP contribution >= 0.6 is 0 Å². The lowest BCUT2D eigenvalue weighted by atomic mass is 10.1. The summed E-state index contributed by atoms with van der Waals surface area (Å²) in [4.78, 5) is 19.9. The van der Waals surface area contributed by atoms with Crippen LogP contribution in [0.25, 0.3) is 0 Å². The van der Waals surface area contributed by atoms with Gasteiger partial charge in [0.25, 0.3) is 5.91 Å². The third-order valence-corrected chi connectivity index (χ3v) is 2.34. The van der Waals surface area contributed by atoms with Crippen molar-refractivity contribution in [1.29, 1.82) is 0 Å². The zero-order valence-corrected chi connectivity index (χ0v) is 10.8. The predicted molar refractivity (Wildman–Crippen MR) is 68.4 cm³/mol. The molecule has 0 bridgehead atoms. The Morgan fingerprint density at radius 2 is 2.40 bits per heavy atom. The second kappa shape index (κ2) is 6.45. The number of aliphatic hydroxyl groups is 1. The Hall–Kier alpha value is -2.72. The molecule has 2 aromatic rings. The van der Waals surface area contributed by atoms with E-state index in [1.54, 1.807) is 13.0 Å². The van der Waals surface area contributed by atoms with Crippen molar-refractivity contribution in [3.05, 3.63) is 41.3 Å². The third-order valence-electron chi connectivity index (χ3n) is 2.34.